The molecule has 146 valence electrons. The van der Waals surface area contributed by atoms with Crippen LogP contribution < -0.4 is 5.73 Å². The molecule has 2 heterocycles. The van der Waals surface area contributed by atoms with Crippen molar-refractivity contribution in [3.63, 3.8) is 0 Å². The molecule has 0 aliphatic carbocycles. The summed E-state index contributed by atoms with van der Waals surface area (Å²) in [4.78, 5) is 29.1. The van der Waals surface area contributed by atoms with Crippen molar-refractivity contribution in [2.45, 2.75) is 46.1 Å². The largest absolute Gasteiger partial charge is 0.364 e. The molecule has 1 aromatic carbocycles. The number of nitrogens with zero attached hydrogens (tertiary/aromatic N) is 2. The Bertz CT molecular complexity index is 1040. The van der Waals surface area contributed by atoms with Crippen molar-refractivity contribution in [3.8, 4) is 0 Å². The van der Waals surface area contributed by atoms with Crippen molar-refractivity contribution >= 4 is 34.3 Å². The molecule has 0 unspecified atom stereocenters. The molecular weight excluding hydrogens is 374 g/mol. The van der Waals surface area contributed by atoms with Gasteiger partial charge in [-0.2, -0.15) is 0 Å². The third kappa shape index (κ3) is 3.80. The van der Waals surface area contributed by atoms with E-state index in [-0.39, 0.29) is 11.5 Å². The van der Waals surface area contributed by atoms with Gasteiger partial charge in [0, 0.05) is 28.1 Å². The number of benzene rings is 1. The van der Waals surface area contributed by atoms with E-state index in [1.807, 2.05) is 35.8 Å². The van der Waals surface area contributed by atoms with Crippen LogP contribution in [0.3, 0.4) is 0 Å². The van der Waals surface area contributed by atoms with Crippen LogP contribution in [0.1, 0.15) is 65.2 Å². The Balaban J connectivity index is 2.29. The number of carbonyl (C=O) groups is 2. The lowest BCUT2D eigenvalue weighted by atomic mass is 10.0. The maximum absolute atomic E-state index is 12.9. The second-order valence-corrected chi connectivity index (χ2v) is 7.26. The van der Waals surface area contributed by atoms with Gasteiger partial charge in [0.25, 0.3) is 5.91 Å². The van der Waals surface area contributed by atoms with E-state index in [0.29, 0.717) is 29.2 Å². The van der Waals surface area contributed by atoms with Crippen LogP contribution in [-0.2, 0) is 13.0 Å². The molecule has 0 aliphatic rings. The second kappa shape index (κ2) is 8.57. The first kappa shape index (κ1) is 20.1. The van der Waals surface area contributed by atoms with Gasteiger partial charge in [0.15, 0.2) is 5.78 Å². The van der Waals surface area contributed by atoms with Crippen LogP contribution in [-0.4, -0.2) is 21.2 Å². The number of ketones is 1. The Morgan fingerprint density at radius 2 is 1.86 bits per heavy atom. The van der Waals surface area contributed by atoms with Gasteiger partial charge in [-0.1, -0.05) is 50.1 Å². The average Bonchev–Trinajstić information content (AvgIpc) is 2.97. The van der Waals surface area contributed by atoms with E-state index >= 15 is 0 Å². The summed E-state index contributed by atoms with van der Waals surface area (Å²) in [5, 5.41) is 1.42. The van der Waals surface area contributed by atoms with Gasteiger partial charge in [-0.25, -0.2) is 4.98 Å². The fourth-order valence-electron chi connectivity index (χ4n) is 3.53. The first-order valence-electron chi connectivity index (χ1n) is 9.56. The van der Waals surface area contributed by atoms with Gasteiger partial charge in [-0.15, -0.1) is 0 Å². The van der Waals surface area contributed by atoms with E-state index in [4.69, 9.17) is 17.3 Å². The van der Waals surface area contributed by atoms with Gasteiger partial charge in [0.05, 0.1) is 6.54 Å². The number of nitrogens with two attached hydrogens (primary N) is 1. The van der Waals surface area contributed by atoms with Gasteiger partial charge in [-0.3, -0.25) is 9.59 Å². The quantitative estimate of drug-likeness (QED) is 0.556. The van der Waals surface area contributed by atoms with Crippen LogP contribution in [0.5, 0.6) is 0 Å². The number of pyridine rings is 1. The maximum atomic E-state index is 12.9. The average molecular weight is 398 g/mol. The van der Waals surface area contributed by atoms with Crippen molar-refractivity contribution in [1.82, 2.24) is 9.55 Å². The van der Waals surface area contributed by atoms with Crippen LogP contribution in [0.2, 0.25) is 5.02 Å². The minimum atomic E-state index is -0.592. The predicted molar refractivity (Wildman–Crippen MR) is 112 cm³/mol. The Hall–Kier alpha value is -2.66. The summed E-state index contributed by atoms with van der Waals surface area (Å²) in [7, 11) is 0. The highest BCUT2D eigenvalue weighted by Gasteiger charge is 2.23. The van der Waals surface area contributed by atoms with E-state index in [2.05, 4.69) is 11.9 Å². The summed E-state index contributed by atoms with van der Waals surface area (Å²) >= 11 is 6.38. The highest BCUT2D eigenvalue weighted by molar-refractivity contribution is 6.31. The minimum Gasteiger partial charge on any atom is -0.364 e. The van der Waals surface area contributed by atoms with Gasteiger partial charge >= 0.3 is 0 Å². The summed E-state index contributed by atoms with van der Waals surface area (Å²) in [6.07, 6.45) is 2.86. The van der Waals surface area contributed by atoms with Crippen LogP contribution in [0.15, 0.2) is 36.4 Å². The number of carbonyl (C=O) groups excluding carboxylic acids is 2. The molecule has 2 N–H and O–H groups in total. The molecule has 6 heteroatoms. The SMILES string of the molecule is CCCC(=O)c1c(CCC)n(Cc2ccccc2Cl)c2nc(C(N)=O)ccc12. The first-order valence-corrected chi connectivity index (χ1v) is 9.94. The molecule has 5 nitrogen and oxygen atoms in total. The summed E-state index contributed by atoms with van der Waals surface area (Å²) in [5.41, 5.74) is 8.79. The number of primary amides is 1. The summed E-state index contributed by atoms with van der Waals surface area (Å²) in [5.74, 6) is -0.492. The second-order valence-electron chi connectivity index (χ2n) is 6.85. The van der Waals surface area contributed by atoms with Crippen molar-refractivity contribution in [1.29, 1.82) is 0 Å². The Morgan fingerprint density at radius 1 is 1.11 bits per heavy atom. The standard InChI is InChI=1S/C22H24ClN3O2/c1-3-7-18-20(19(27)8-4-2)15-11-12-17(21(24)28)25-22(15)26(18)13-14-9-5-6-10-16(14)23/h5-6,9-12H,3-4,7-8,13H2,1-2H3,(H2,24,28). The molecule has 0 fully saturated rings. The third-order valence-electron chi connectivity index (χ3n) is 4.80. The van der Waals surface area contributed by atoms with Crippen molar-refractivity contribution in [2.75, 3.05) is 0 Å². The van der Waals surface area contributed by atoms with E-state index in [1.165, 1.54) is 0 Å². The third-order valence-corrected chi connectivity index (χ3v) is 5.16. The molecule has 1 amide bonds. The highest BCUT2D eigenvalue weighted by Crippen LogP contribution is 2.30. The van der Waals surface area contributed by atoms with E-state index < -0.39 is 5.91 Å². The minimum absolute atomic E-state index is 0.0995. The van der Waals surface area contributed by atoms with Gasteiger partial charge in [0.2, 0.25) is 0 Å². The summed E-state index contributed by atoms with van der Waals surface area (Å²) in [6.45, 7) is 4.54. The van der Waals surface area contributed by atoms with E-state index in [1.54, 1.807) is 12.1 Å². The molecule has 0 bridgehead atoms. The molecule has 0 saturated heterocycles. The van der Waals surface area contributed by atoms with Crippen molar-refractivity contribution < 1.29 is 9.59 Å². The molecule has 0 spiro atoms. The number of rotatable bonds is 8. The highest BCUT2D eigenvalue weighted by atomic mass is 35.5. The van der Waals surface area contributed by atoms with Gasteiger partial charge in [0.1, 0.15) is 11.3 Å². The Morgan fingerprint density at radius 3 is 2.50 bits per heavy atom. The van der Waals surface area contributed by atoms with Gasteiger partial charge < -0.3 is 10.3 Å². The molecule has 0 saturated carbocycles. The van der Waals surface area contributed by atoms with Crippen LogP contribution in [0, 0.1) is 0 Å². The topological polar surface area (TPSA) is 78.0 Å². The number of hydrogen-bond acceptors (Lipinski definition) is 3. The van der Waals surface area contributed by atoms with Crippen molar-refractivity contribution in [3.05, 3.63) is 63.9 Å². The van der Waals surface area contributed by atoms with Crippen LogP contribution in [0.25, 0.3) is 11.0 Å². The number of halogens is 1. The van der Waals surface area contributed by atoms with E-state index in [9.17, 15) is 9.59 Å². The fourth-order valence-corrected chi connectivity index (χ4v) is 3.73. The molecular formula is C22H24ClN3O2. The lowest BCUT2D eigenvalue weighted by molar-refractivity contribution is 0.0978. The molecule has 0 atom stereocenters. The van der Waals surface area contributed by atoms with Crippen molar-refractivity contribution in [2.24, 2.45) is 5.73 Å². The number of aromatic nitrogens is 2. The predicted octanol–water partition coefficient (Wildman–Crippen LogP) is 4.77. The molecule has 2 aromatic heterocycles. The zero-order valence-corrected chi connectivity index (χ0v) is 16.9. The lowest BCUT2D eigenvalue weighted by Gasteiger charge is -2.12. The Labute approximate surface area is 169 Å². The molecule has 28 heavy (non-hydrogen) atoms. The normalized spacial score (nSPS) is 11.1. The smallest absolute Gasteiger partial charge is 0.267 e. The number of amides is 1. The number of hydrogen-bond donors (Lipinski definition) is 1. The molecule has 0 radical (unpaired) electrons. The zero-order valence-electron chi connectivity index (χ0n) is 16.2. The monoisotopic (exact) mass is 397 g/mol. The first-order chi connectivity index (χ1) is 13.5. The number of Topliss-reactive ketones (excluding diaryl/α,β-unsaturated/α-hetero) is 1. The van der Waals surface area contributed by atoms with E-state index in [0.717, 1.165) is 35.9 Å². The fraction of sp³-hybridized carbons (Fsp3) is 0.318. The maximum Gasteiger partial charge on any atom is 0.267 e. The summed E-state index contributed by atoms with van der Waals surface area (Å²) < 4.78 is 2.01. The van der Waals surface area contributed by atoms with Crippen LogP contribution >= 0.6 is 11.6 Å². The lowest BCUT2D eigenvalue weighted by Crippen LogP contribution is -2.14. The number of fused-ring (bicyclic) bond motifs is 1. The van der Waals surface area contributed by atoms with Crippen LogP contribution in [0.4, 0.5) is 0 Å². The molecule has 3 rings (SSSR count). The summed E-state index contributed by atoms with van der Waals surface area (Å²) in [6, 6.07) is 11.0. The van der Waals surface area contributed by atoms with Gasteiger partial charge in [-0.05, 0) is 36.6 Å². The molecule has 0 aliphatic heterocycles. The molecule has 3 aromatic rings. The zero-order chi connectivity index (χ0) is 20.3. The Kier molecular flexibility index (Phi) is 6.15.